The van der Waals surface area contributed by atoms with Crippen LogP contribution in [0, 0.1) is 0 Å². The standard InChI is InChI=1S/C5H10O2/c1-5(7)3-2-4-6/h2-3,5-7H,4H2,1H3/b3-2-/t5-/m0/s1. The van der Waals surface area contributed by atoms with Crippen LogP contribution in [0.4, 0.5) is 0 Å². The highest BCUT2D eigenvalue weighted by Crippen LogP contribution is 1.79. The average molecular weight is 102 g/mol. The van der Waals surface area contributed by atoms with E-state index in [0.717, 1.165) is 0 Å². The van der Waals surface area contributed by atoms with E-state index in [1.165, 1.54) is 12.2 Å². The van der Waals surface area contributed by atoms with Crippen molar-refractivity contribution in [2.75, 3.05) is 6.61 Å². The zero-order valence-electron chi connectivity index (χ0n) is 4.33. The quantitative estimate of drug-likeness (QED) is 0.478. The molecule has 2 nitrogen and oxygen atoms in total. The smallest absolute Gasteiger partial charge is 0.0693 e. The van der Waals surface area contributed by atoms with Crippen molar-refractivity contribution in [3.8, 4) is 0 Å². The van der Waals surface area contributed by atoms with Gasteiger partial charge in [-0.05, 0) is 6.92 Å². The third-order valence-corrected chi connectivity index (χ3v) is 0.520. The van der Waals surface area contributed by atoms with E-state index in [1.807, 2.05) is 0 Å². The van der Waals surface area contributed by atoms with Crippen LogP contribution in [0.5, 0.6) is 0 Å². The van der Waals surface area contributed by atoms with Crippen LogP contribution in [0.3, 0.4) is 0 Å². The Morgan fingerprint density at radius 3 is 2.43 bits per heavy atom. The van der Waals surface area contributed by atoms with E-state index in [-0.39, 0.29) is 6.61 Å². The lowest BCUT2D eigenvalue weighted by Gasteiger charge is -1.88. The Morgan fingerprint density at radius 2 is 2.29 bits per heavy atom. The van der Waals surface area contributed by atoms with Crippen molar-refractivity contribution in [2.24, 2.45) is 0 Å². The first-order valence-electron chi connectivity index (χ1n) is 2.23. The Morgan fingerprint density at radius 1 is 1.71 bits per heavy atom. The van der Waals surface area contributed by atoms with Crippen LogP contribution in [0.1, 0.15) is 6.92 Å². The van der Waals surface area contributed by atoms with E-state index in [2.05, 4.69) is 0 Å². The first kappa shape index (κ1) is 6.66. The van der Waals surface area contributed by atoms with Gasteiger partial charge in [0.2, 0.25) is 0 Å². The first-order valence-corrected chi connectivity index (χ1v) is 2.23. The summed E-state index contributed by atoms with van der Waals surface area (Å²) in [5.41, 5.74) is 0. The Labute approximate surface area is 43.1 Å². The van der Waals surface area contributed by atoms with Crippen LogP contribution >= 0.6 is 0 Å². The molecular weight excluding hydrogens is 92.1 g/mol. The number of hydrogen-bond acceptors (Lipinski definition) is 2. The number of aliphatic hydroxyl groups excluding tert-OH is 2. The maximum absolute atomic E-state index is 8.49. The average Bonchev–Trinajstić information content (AvgIpc) is 1.61. The molecule has 0 bridgehead atoms. The van der Waals surface area contributed by atoms with Crippen LogP contribution in [-0.4, -0.2) is 22.9 Å². The van der Waals surface area contributed by atoms with E-state index in [1.54, 1.807) is 6.92 Å². The summed E-state index contributed by atoms with van der Waals surface area (Å²) in [4.78, 5) is 0. The maximum Gasteiger partial charge on any atom is 0.0693 e. The van der Waals surface area contributed by atoms with Crippen LogP contribution in [0.2, 0.25) is 0 Å². The molecule has 0 aliphatic rings. The van der Waals surface area contributed by atoms with Crippen molar-refractivity contribution in [2.45, 2.75) is 13.0 Å². The van der Waals surface area contributed by atoms with Gasteiger partial charge in [-0.3, -0.25) is 0 Å². The molecule has 0 spiro atoms. The summed E-state index contributed by atoms with van der Waals surface area (Å²) in [7, 11) is 0. The zero-order chi connectivity index (χ0) is 5.70. The molecule has 42 valence electrons. The fourth-order valence-corrected chi connectivity index (χ4v) is 0.258. The topological polar surface area (TPSA) is 40.5 Å². The normalized spacial score (nSPS) is 15.3. The highest BCUT2D eigenvalue weighted by atomic mass is 16.3. The molecule has 2 heteroatoms. The van der Waals surface area contributed by atoms with Crippen molar-refractivity contribution >= 4 is 0 Å². The van der Waals surface area contributed by atoms with Crippen molar-refractivity contribution in [1.29, 1.82) is 0 Å². The Kier molecular flexibility index (Phi) is 3.65. The molecular formula is C5H10O2. The summed E-state index contributed by atoms with van der Waals surface area (Å²) in [5.74, 6) is 0. The fourth-order valence-electron chi connectivity index (χ4n) is 0.258. The number of aliphatic hydroxyl groups is 2. The van der Waals surface area contributed by atoms with Gasteiger partial charge in [-0.25, -0.2) is 0 Å². The minimum atomic E-state index is -0.438. The fraction of sp³-hybridized carbons (Fsp3) is 0.600. The molecule has 0 aliphatic carbocycles. The lowest BCUT2D eigenvalue weighted by atomic mass is 10.4. The second kappa shape index (κ2) is 3.84. The molecule has 0 radical (unpaired) electrons. The van der Waals surface area contributed by atoms with E-state index in [4.69, 9.17) is 10.2 Å². The van der Waals surface area contributed by atoms with Gasteiger partial charge < -0.3 is 10.2 Å². The molecule has 0 fully saturated rings. The van der Waals surface area contributed by atoms with Crippen LogP contribution in [0.15, 0.2) is 12.2 Å². The Hall–Kier alpha value is -0.340. The van der Waals surface area contributed by atoms with Gasteiger partial charge in [0, 0.05) is 0 Å². The van der Waals surface area contributed by atoms with Crippen molar-refractivity contribution in [3.63, 3.8) is 0 Å². The SMILES string of the molecule is C[C@H](O)/C=C\CO. The molecule has 0 unspecified atom stereocenters. The highest BCUT2D eigenvalue weighted by Gasteiger charge is 1.80. The van der Waals surface area contributed by atoms with Gasteiger partial charge in [-0.2, -0.15) is 0 Å². The molecule has 0 amide bonds. The molecule has 0 aromatic carbocycles. The van der Waals surface area contributed by atoms with E-state index < -0.39 is 6.10 Å². The second-order valence-corrected chi connectivity index (χ2v) is 1.35. The summed E-state index contributed by atoms with van der Waals surface area (Å²) in [6.07, 6.45) is 2.59. The Bertz CT molecular complexity index is 57.1. The molecule has 0 saturated heterocycles. The second-order valence-electron chi connectivity index (χ2n) is 1.35. The summed E-state index contributed by atoms with van der Waals surface area (Å²) in [6.45, 7) is 1.64. The van der Waals surface area contributed by atoms with Gasteiger partial charge in [-0.15, -0.1) is 0 Å². The van der Waals surface area contributed by atoms with Gasteiger partial charge >= 0.3 is 0 Å². The van der Waals surface area contributed by atoms with Crippen LogP contribution in [-0.2, 0) is 0 Å². The number of hydrogen-bond donors (Lipinski definition) is 2. The third-order valence-electron chi connectivity index (χ3n) is 0.520. The van der Waals surface area contributed by atoms with Gasteiger partial charge in [-0.1, -0.05) is 12.2 Å². The molecule has 0 aromatic heterocycles. The van der Waals surface area contributed by atoms with Gasteiger partial charge in [0.1, 0.15) is 0 Å². The summed E-state index contributed by atoms with van der Waals surface area (Å²) < 4.78 is 0. The molecule has 0 heterocycles. The molecule has 0 rings (SSSR count). The molecule has 7 heavy (non-hydrogen) atoms. The third kappa shape index (κ3) is 5.66. The maximum atomic E-state index is 8.49. The van der Waals surface area contributed by atoms with Crippen molar-refractivity contribution < 1.29 is 10.2 Å². The summed E-state index contributed by atoms with van der Waals surface area (Å²) >= 11 is 0. The summed E-state index contributed by atoms with van der Waals surface area (Å²) in [6, 6.07) is 0. The van der Waals surface area contributed by atoms with Crippen LogP contribution in [0.25, 0.3) is 0 Å². The highest BCUT2D eigenvalue weighted by molar-refractivity contribution is 4.85. The van der Waals surface area contributed by atoms with Gasteiger partial charge in [0.15, 0.2) is 0 Å². The van der Waals surface area contributed by atoms with Gasteiger partial charge in [0.25, 0.3) is 0 Å². The zero-order valence-corrected chi connectivity index (χ0v) is 4.33. The predicted molar refractivity (Wildman–Crippen MR) is 27.9 cm³/mol. The Balaban J connectivity index is 3.08. The van der Waals surface area contributed by atoms with E-state index in [9.17, 15) is 0 Å². The van der Waals surface area contributed by atoms with Gasteiger partial charge in [0.05, 0.1) is 12.7 Å². The minimum Gasteiger partial charge on any atom is -0.392 e. The molecule has 1 atom stereocenters. The van der Waals surface area contributed by atoms with E-state index in [0.29, 0.717) is 0 Å². The minimum absolute atomic E-state index is 0.00486. The summed E-state index contributed by atoms with van der Waals surface area (Å²) in [5, 5.41) is 16.6. The van der Waals surface area contributed by atoms with Crippen molar-refractivity contribution in [1.82, 2.24) is 0 Å². The van der Waals surface area contributed by atoms with E-state index >= 15 is 0 Å². The largest absolute Gasteiger partial charge is 0.392 e. The molecule has 2 N–H and O–H groups in total. The lowest BCUT2D eigenvalue weighted by Crippen LogP contribution is -1.91. The monoisotopic (exact) mass is 102 g/mol. The molecule has 0 aromatic rings. The van der Waals surface area contributed by atoms with Crippen LogP contribution < -0.4 is 0 Å². The predicted octanol–water partition coefficient (Wildman–Crippen LogP) is -0.0843. The molecule has 0 aliphatic heterocycles. The lowest BCUT2D eigenvalue weighted by molar-refractivity contribution is 0.242. The number of rotatable bonds is 2. The molecule has 0 saturated carbocycles. The first-order chi connectivity index (χ1) is 3.27. The van der Waals surface area contributed by atoms with Crippen molar-refractivity contribution in [3.05, 3.63) is 12.2 Å².